The summed E-state index contributed by atoms with van der Waals surface area (Å²) in [6, 6.07) is 19.0. The molecule has 6 N–H and O–H groups in total. The molecular formula is C28H36N6O3. The highest BCUT2D eigenvalue weighted by atomic mass is 16.2. The molecule has 2 heterocycles. The van der Waals surface area contributed by atoms with Gasteiger partial charge in [0.05, 0.1) is 30.0 Å². The van der Waals surface area contributed by atoms with Gasteiger partial charge in [-0.05, 0) is 37.0 Å². The summed E-state index contributed by atoms with van der Waals surface area (Å²) in [5.41, 5.74) is 14.4. The van der Waals surface area contributed by atoms with E-state index in [0.29, 0.717) is 18.8 Å². The topological polar surface area (TPSA) is 143 Å². The van der Waals surface area contributed by atoms with Crippen LogP contribution in [-0.4, -0.2) is 59.3 Å². The lowest BCUT2D eigenvalue weighted by Gasteiger charge is -2.17. The van der Waals surface area contributed by atoms with Crippen molar-refractivity contribution in [2.24, 2.45) is 11.5 Å². The Morgan fingerprint density at radius 1 is 1.11 bits per heavy atom. The Bertz CT molecular complexity index is 1190. The highest BCUT2D eigenvalue weighted by Crippen LogP contribution is 2.16. The number of aryl methyl sites for hydroxylation is 1. The van der Waals surface area contributed by atoms with Crippen molar-refractivity contribution in [2.75, 3.05) is 25.0 Å². The van der Waals surface area contributed by atoms with Crippen LogP contribution in [0.4, 0.5) is 5.69 Å². The standard InChI is InChI=1S/C20H26N6O3.C8H10/c21-14-7-8-26(12-14)19(28)6-5-16(22)20(29)24-11-18(27)25-15-9-13-3-1-2-4-17(13)23-10-15;1-2-8-6-4-3-5-7-8/h1-4,9-10,14,16H,5-8,11-12,21-22H2,(H,24,29)(H,25,27);3-7H,2H2,1H3. The predicted molar refractivity (Wildman–Crippen MR) is 146 cm³/mol. The van der Waals surface area contributed by atoms with E-state index in [1.807, 2.05) is 36.4 Å². The minimum Gasteiger partial charge on any atom is -0.346 e. The van der Waals surface area contributed by atoms with E-state index in [9.17, 15) is 14.4 Å². The van der Waals surface area contributed by atoms with Crippen molar-refractivity contribution in [2.45, 2.75) is 44.7 Å². The Kier molecular flexibility index (Phi) is 10.5. The van der Waals surface area contributed by atoms with Crippen LogP contribution in [-0.2, 0) is 20.8 Å². The monoisotopic (exact) mass is 504 g/mol. The molecule has 3 aromatic rings. The summed E-state index contributed by atoms with van der Waals surface area (Å²) in [6.07, 6.45) is 3.88. The predicted octanol–water partition coefficient (Wildman–Crippen LogP) is 2.21. The number of fused-ring (bicyclic) bond motifs is 1. The number of nitrogens with one attached hydrogen (secondary N) is 2. The number of para-hydroxylation sites is 1. The van der Waals surface area contributed by atoms with E-state index >= 15 is 0 Å². The molecule has 2 aromatic carbocycles. The van der Waals surface area contributed by atoms with Crippen LogP contribution in [0.2, 0.25) is 0 Å². The lowest BCUT2D eigenvalue weighted by Crippen LogP contribution is -2.44. The number of rotatable bonds is 8. The highest BCUT2D eigenvalue weighted by Gasteiger charge is 2.24. The maximum Gasteiger partial charge on any atom is 0.243 e. The zero-order valence-electron chi connectivity index (χ0n) is 21.2. The smallest absolute Gasteiger partial charge is 0.243 e. The molecule has 1 aliphatic rings. The van der Waals surface area contributed by atoms with Gasteiger partial charge in [0.1, 0.15) is 0 Å². The molecule has 0 bridgehead atoms. The van der Waals surface area contributed by atoms with Gasteiger partial charge in [0.2, 0.25) is 17.7 Å². The quantitative estimate of drug-likeness (QED) is 0.370. The first kappa shape index (κ1) is 27.8. The van der Waals surface area contributed by atoms with E-state index in [-0.39, 0.29) is 37.2 Å². The first-order chi connectivity index (χ1) is 17.9. The zero-order valence-corrected chi connectivity index (χ0v) is 21.2. The van der Waals surface area contributed by atoms with Crippen LogP contribution in [0.3, 0.4) is 0 Å². The van der Waals surface area contributed by atoms with Crippen LogP contribution in [0.1, 0.15) is 31.7 Å². The Labute approximate surface area is 217 Å². The molecule has 1 aliphatic heterocycles. The molecule has 4 rings (SSSR count). The van der Waals surface area contributed by atoms with Crippen LogP contribution < -0.4 is 22.1 Å². The number of hydrogen-bond donors (Lipinski definition) is 4. The average Bonchev–Trinajstić information content (AvgIpc) is 3.37. The number of amides is 3. The molecule has 2 unspecified atom stereocenters. The second-order valence-electron chi connectivity index (χ2n) is 9.06. The molecule has 37 heavy (non-hydrogen) atoms. The van der Waals surface area contributed by atoms with Gasteiger partial charge < -0.3 is 27.0 Å². The third kappa shape index (κ3) is 8.96. The molecule has 0 saturated carbocycles. The molecule has 0 aliphatic carbocycles. The molecule has 1 saturated heterocycles. The van der Waals surface area contributed by atoms with Gasteiger partial charge in [-0.25, -0.2) is 0 Å². The van der Waals surface area contributed by atoms with Gasteiger partial charge >= 0.3 is 0 Å². The van der Waals surface area contributed by atoms with Crippen molar-refractivity contribution in [3.05, 3.63) is 72.4 Å². The van der Waals surface area contributed by atoms with E-state index in [1.54, 1.807) is 11.1 Å². The SMILES string of the molecule is CCc1ccccc1.NC1CCN(C(=O)CCC(N)C(=O)NCC(=O)Nc2cnc3ccccc3c2)C1. The van der Waals surface area contributed by atoms with Crippen molar-refractivity contribution in [3.8, 4) is 0 Å². The normalized spacial score (nSPS) is 15.4. The molecule has 1 aromatic heterocycles. The molecular weight excluding hydrogens is 468 g/mol. The number of aromatic nitrogens is 1. The fraction of sp³-hybridized carbons (Fsp3) is 0.357. The van der Waals surface area contributed by atoms with Crippen molar-refractivity contribution in [1.29, 1.82) is 0 Å². The van der Waals surface area contributed by atoms with E-state index in [2.05, 4.69) is 46.8 Å². The fourth-order valence-electron chi connectivity index (χ4n) is 3.94. The number of anilines is 1. The number of nitrogens with zero attached hydrogens (tertiary/aromatic N) is 2. The average molecular weight is 505 g/mol. The number of pyridine rings is 1. The number of likely N-dealkylation sites (tertiary alicyclic amines) is 1. The van der Waals surface area contributed by atoms with E-state index in [0.717, 1.165) is 23.7 Å². The number of nitrogens with two attached hydrogens (primary N) is 2. The van der Waals surface area contributed by atoms with Gasteiger partial charge in [0.15, 0.2) is 0 Å². The summed E-state index contributed by atoms with van der Waals surface area (Å²) in [5, 5.41) is 6.09. The highest BCUT2D eigenvalue weighted by molar-refractivity contribution is 5.96. The lowest BCUT2D eigenvalue weighted by molar-refractivity contribution is -0.130. The minimum atomic E-state index is -0.856. The van der Waals surface area contributed by atoms with Gasteiger partial charge in [-0.15, -0.1) is 0 Å². The zero-order chi connectivity index (χ0) is 26.6. The molecule has 196 valence electrons. The second-order valence-corrected chi connectivity index (χ2v) is 9.06. The lowest BCUT2D eigenvalue weighted by atomic mass is 10.1. The molecule has 0 spiro atoms. The van der Waals surface area contributed by atoms with Crippen LogP contribution >= 0.6 is 0 Å². The molecule has 1 fully saturated rings. The third-order valence-corrected chi connectivity index (χ3v) is 6.13. The molecule has 9 heteroatoms. The minimum absolute atomic E-state index is 0.0206. The van der Waals surface area contributed by atoms with Crippen molar-refractivity contribution >= 4 is 34.3 Å². The number of carbonyl (C=O) groups excluding carboxylic acids is 3. The summed E-state index contributed by atoms with van der Waals surface area (Å²) in [7, 11) is 0. The van der Waals surface area contributed by atoms with Crippen LogP contribution in [0.15, 0.2) is 66.9 Å². The largest absolute Gasteiger partial charge is 0.346 e. The van der Waals surface area contributed by atoms with E-state index in [1.165, 1.54) is 5.56 Å². The Balaban J connectivity index is 0.000000405. The van der Waals surface area contributed by atoms with Gasteiger partial charge in [-0.3, -0.25) is 19.4 Å². The maximum absolute atomic E-state index is 12.1. The fourth-order valence-corrected chi connectivity index (χ4v) is 3.94. The Hall–Kier alpha value is -3.82. The van der Waals surface area contributed by atoms with E-state index < -0.39 is 11.9 Å². The van der Waals surface area contributed by atoms with Crippen molar-refractivity contribution < 1.29 is 14.4 Å². The Morgan fingerprint density at radius 3 is 2.51 bits per heavy atom. The summed E-state index contributed by atoms with van der Waals surface area (Å²) in [5.74, 6) is -0.907. The summed E-state index contributed by atoms with van der Waals surface area (Å²) in [6.45, 7) is 3.14. The first-order valence-corrected chi connectivity index (χ1v) is 12.6. The molecule has 3 amide bonds. The first-order valence-electron chi connectivity index (χ1n) is 12.6. The van der Waals surface area contributed by atoms with Gasteiger partial charge in [0.25, 0.3) is 0 Å². The van der Waals surface area contributed by atoms with E-state index in [4.69, 9.17) is 11.5 Å². The van der Waals surface area contributed by atoms with Gasteiger partial charge in [-0.2, -0.15) is 0 Å². The maximum atomic E-state index is 12.1. The number of hydrogen-bond acceptors (Lipinski definition) is 6. The van der Waals surface area contributed by atoms with Gasteiger partial charge in [0, 0.05) is 30.9 Å². The van der Waals surface area contributed by atoms with Gasteiger partial charge in [-0.1, -0.05) is 55.5 Å². The van der Waals surface area contributed by atoms with Crippen molar-refractivity contribution in [1.82, 2.24) is 15.2 Å². The summed E-state index contributed by atoms with van der Waals surface area (Å²) >= 11 is 0. The number of carbonyl (C=O) groups is 3. The third-order valence-electron chi connectivity index (χ3n) is 6.13. The molecule has 2 atom stereocenters. The van der Waals surface area contributed by atoms with Crippen LogP contribution in [0.5, 0.6) is 0 Å². The summed E-state index contributed by atoms with van der Waals surface area (Å²) in [4.78, 5) is 42.2. The summed E-state index contributed by atoms with van der Waals surface area (Å²) < 4.78 is 0. The van der Waals surface area contributed by atoms with Crippen molar-refractivity contribution in [3.63, 3.8) is 0 Å². The number of benzene rings is 2. The second kappa shape index (κ2) is 14.1. The Morgan fingerprint density at radius 2 is 1.84 bits per heavy atom. The van der Waals surface area contributed by atoms with Crippen LogP contribution in [0, 0.1) is 0 Å². The molecule has 9 nitrogen and oxygen atoms in total. The molecule has 0 radical (unpaired) electrons. The van der Waals surface area contributed by atoms with Crippen LogP contribution in [0.25, 0.3) is 10.9 Å².